The largest absolute Gasteiger partial charge is 0.393 e. The average Bonchev–Trinajstić information content (AvgIpc) is 2.93. The molecule has 128 valence electrons. The van der Waals surface area contributed by atoms with Crippen LogP contribution in [0.4, 0.5) is 4.79 Å². The van der Waals surface area contributed by atoms with E-state index in [9.17, 15) is 9.90 Å². The Morgan fingerprint density at radius 1 is 1.27 bits per heavy atom. The van der Waals surface area contributed by atoms with Crippen LogP contribution in [0.1, 0.15) is 45.4 Å². The molecule has 1 heterocycles. The third-order valence-electron chi connectivity index (χ3n) is 5.46. The van der Waals surface area contributed by atoms with Gasteiger partial charge in [-0.3, -0.25) is 0 Å². The summed E-state index contributed by atoms with van der Waals surface area (Å²) < 4.78 is 0. The van der Waals surface area contributed by atoms with Crippen molar-refractivity contribution in [3.8, 4) is 0 Å². The molecule has 0 bridgehead atoms. The van der Waals surface area contributed by atoms with Gasteiger partial charge < -0.3 is 20.2 Å². The second kappa shape index (κ2) is 8.73. The Balaban J connectivity index is 1.59. The molecule has 2 amide bonds. The van der Waals surface area contributed by atoms with E-state index >= 15 is 0 Å². The fourth-order valence-electron chi connectivity index (χ4n) is 3.77. The summed E-state index contributed by atoms with van der Waals surface area (Å²) in [6.07, 6.45) is 6.38. The van der Waals surface area contributed by atoms with Gasteiger partial charge in [-0.1, -0.05) is 13.3 Å². The lowest BCUT2D eigenvalue weighted by atomic mass is 9.93. The molecule has 2 aliphatic rings. The predicted molar refractivity (Wildman–Crippen MR) is 88.8 cm³/mol. The molecule has 0 spiro atoms. The first-order chi connectivity index (χ1) is 10.6. The van der Waals surface area contributed by atoms with E-state index in [0.29, 0.717) is 6.54 Å². The normalized spacial score (nSPS) is 27.0. The number of hydrogen-bond donors (Lipinski definition) is 2. The van der Waals surface area contributed by atoms with E-state index in [1.165, 1.54) is 25.9 Å². The molecule has 0 aromatic rings. The van der Waals surface area contributed by atoms with Gasteiger partial charge in [0.2, 0.25) is 0 Å². The van der Waals surface area contributed by atoms with Crippen molar-refractivity contribution >= 4 is 6.03 Å². The van der Waals surface area contributed by atoms with E-state index in [0.717, 1.165) is 44.7 Å². The number of piperidine rings is 1. The topological polar surface area (TPSA) is 55.8 Å². The van der Waals surface area contributed by atoms with E-state index in [1.807, 2.05) is 7.05 Å². The van der Waals surface area contributed by atoms with Gasteiger partial charge >= 0.3 is 6.03 Å². The minimum Gasteiger partial charge on any atom is -0.393 e. The standard InChI is InChI=1S/C17H33N3O2/c1-3-20-11-8-14(9-12-20)7-10-18-17(22)19(2)13-15-5-4-6-16(15)21/h14-16,21H,3-13H2,1-2H3,(H,18,22). The van der Waals surface area contributed by atoms with Crippen LogP contribution in [0.5, 0.6) is 0 Å². The van der Waals surface area contributed by atoms with Crippen LogP contribution < -0.4 is 5.32 Å². The van der Waals surface area contributed by atoms with Crippen LogP contribution in [-0.2, 0) is 0 Å². The van der Waals surface area contributed by atoms with Crippen molar-refractivity contribution in [3.63, 3.8) is 0 Å². The Morgan fingerprint density at radius 3 is 2.59 bits per heavy atom. The van der Waals surface area contributed by atoms with Crippen molar-refractivity contribution in [1.29, 1.82) is 0 Å². The number of likely N-dealkylation sites (tertiary alicyclic amines) is 1. The quantitative estimate of drug-likeness (QED) is 0.788. The molecule has 5 heteroatoms. The SMILES string of the molecule is CCN1CCC(CCNC(=O)N(C)CC2CCCC2O)CC1. The molecule has 2 atom stereocenters. The molecule has 1 aliphatic carbocycles. The number of nitrogens with one attached hydrogen (secondary N) is 1. The van der Waals surface area contributed by atoms with E-state index in [4.69, 9.17) is 0 Å². The van der Waals surface area contributed by atoms with Crippen molar-refractivity contribution in [1.82, 2.24) is 15.1 Å². The van der Waals surface area contributed by atoms with E-state index in [2.05, 4.69) is 17.1 Å². The summed E-state index contributed by atoms with van der Waals surface area (Å²) >= 11 is 0. The summed E-state index contributed by atoms with van der Waals surface area (Å²) in [5, 5.41) is 12.9. The molecule has 2 rings (SSSR count). The molecular formula is C17H33N3O2. The Kier molecular flexibility index (Phi) is 6.96. The van der Waals surface area contributed by atoms with Gasteiger partial charge in [-0.2, -0.15) is 0 Å². The minimum atomic E-state index is -0.223. The maximum atomic E-state index is 12.1. The maximum absolute atomic E-state index is 12.1. The number of hydrogen-bond acceptors (Lipinski definition) is 3. The third-order valence-corrected chi connectivity index (χ3v) is 5.46. The van der Waals surface area contributed by atoms with Crippen molar-refractivity contribution < 1.29 is 9.90 Å². The van der Waals surface area contributed by atoms with E-state index < -0.39 is 0 Å². The molecule has 1 saturated heterocycles. The second-order valence-corrected chi connectivity index (χ2v) is 7.04. The van der Waals surface area contributed by atoms with Crippen molar-refractivity contribution in [2.45, 2.75) is 51.6 Å². The minimum absolute atomic E-state index is 0.00472. The summed E-state index contributed by atoms with van der Waals surface area (Å²) in [6.45, 7) is 7.22. The first-order valence-electron chi connectivity index (χ1n) is 8.99. The Labute approximate surface area is 135 Å². The zero-order chi connectivity index (χ0) is 15.9. The van der Waals surface area contributed by atoms with Gasteiger partial charge in [-0.25, -0.2) is 4.79 Å². The van der Waals surface area contributed by atoms with Crippen LogP contribution in [0, 0.1) is 11.8 Å². The van der Waals surface area contributed by atoms with Gasteiger partial charge in [0.15, 0.2) is 0 Å². The highest BCUT2D eigenvalue weighted by Gasteiger charge is 2.27. The van der Waals surface area contributed by atoms with Crippen molar-refractivity contribution in [2.75, 3.05) is 39.8 Å². The zero-order valence-electron chi connectivity index (χ0n) is 14.3. The summed E-state index contributed by atoms with van der Waals surface area (Å²) in [5.41, 5.74) is 0. The number of aliphatic hydroxyl groups excluding tert-OH is 1. The first kappa shape index (κ1) is 17.5. The van der Waals surface area contributed by atoms with Crippen LogP contribution in [0.3, 0.4) is 0 Å². The Morgan fingerprint density at radius 2 is 2.00 bits per heavy atom. The van der Waals surface area contributed by atoms with Crippen LogP contribution in [-0.4, -0.2) is 66.8 Å². The van der Waals surface area contributed by atoms with Gasteiger partial charge in [0.25, 0.3) is 0 Å². The highest BCUT2D eigenvalue weighted by atomic mass is 16.3. The van der Waals surface area contributed by atoms with Crippen LogP contribution in [0.2, 0.25) is 0 Å². The van der Waals surface area contributed by atoms with Crippen LogP contribution >= 0.6 is 0 Å². The number of carbonyl (C=O) groups is 1. The van der Waals surface area contributed by atoms with Gasteiger partial charge in [0.05, 0.1) is 6.10 Å². The summed E-state index contributed by atoms with van der Waals surface area (Å²) in [5.74, 6) is 1.01. The summed E-state index contributed by atoms with van der Waals surface area (Å²) in [6, 6.07) is 0.00472. The predicted octanol–water partition coefficient (Wildman–Crippen LogP) is 1.91. The Hall–Kier alpha value is -0.810. The lowest BCUT2D eigenvalue weighted by Crippen LogP contribution is -2.42. The number of urea groups is 1. The molecule has 0 aromatic heterocycles. The molecule has 0 radical (unpaired) electrons. The molecule has 2 N–H and O–H groups in total. The number of amides is 2. The lowest BCUT2D eigenvalue weighted by Gasteiger charge is -2.31. The Bertz CT molecular complexity index is 343. The van der Waals surface area contributed by atoms with E-state index in [-0.39, 0.29) is 18.1 Å². The molecule has 22 heavy (non-hydrogen) atoms. The number of carbonyl (C=O) groups excluding carboxylic acids is 1. The monoisotopic (exact) mass is 311 g/mol. The molecule has 1 saturated carbocycles. The highest BCUT2D eigenvalue weighted by Crippen LogP contribution is 2.26. The van der Waals surface area contributed by atoms with E-state index in [1.54, 1.807) is 4.90 Å². The number of rotatable bonds is 6. The molecule has 0 aromatic carbocycles. The van der Waals surface area contributed by atoms with Crippen LogP contribution in [0.25, 0.3) is 0 Å². The molecular weight excluding hydrogens is 278 g/mol. The van der Waals surface area contributed by atoms with Gasteiger partial charge in [-0.05, 0) is 57.7 Å². The van der Waals surface area contributed by atoms with Crippen molar-refractivity contribution in [3.05, 3.63) is 0 Å². The highest BCUT2D eigenvalue weighted by molar-refractivity contribution is 5.73. The van der Waals surface area contributed by atoms with Gasteiger partial charge in [0.1, 0.15) is 0 Å². The lowest BCUT2D eigenvalue weighted by molar-refractivity contribution is 0.113. The molecule has 1 aliphatic heterocycles. The number of aliphatic hydroxyl groups is 1. The molecule has 2 fully saturated rings. The second-order valence-electron chi connectivity index (χ2n) is 7.04. The average molecular weight is 311 g/mol. The first-order valence-corrected chi connectivity index (χ1v) is 8.99. The number of nitrogens with zero attached hydrogens (tertiary/aromatic N) is 2. The summed E-state index contributed by atoms with van der Waals surface area (Å²) in [7, 11) is 1.83. The smallest absolute Gasteiger partial charge is 0.317 e. The van der Waals surface area contributed by atoms with Gasteiger partial charge in [-0.15, -0.1) is 0 Å². The van der Waals surface area contributed by atoms with Gasteiger partial charge in [0, 0.05) is 26.1 Å². The zero-order valence-corrected chi connectivity index (χ0v) is 14.3. The third kappa shape index (κ3) is 5.13. The van der Waals surface area contributed by atoms with Crippen LogP contribution in [0.15, 0.2) is 0 Å². The van der Waals surface area contributed by atoms with Crippen molar-refractivity contribution in [2.24, 2.45) is 11.8 Å². The summed E-state index contributed by atoms with van der Waals surface area (Å²) in [4.78, 5) is 16.3. The molecule has 5 nitrogen and oxygen atoms in total. The fraction of sp³-hybridized carbons (Fsp3) is 0.941. The maximum Gasteiger partial charge on any atom is 0.317 e. The molecule has 2 unspecified atom stereocenters. The fourth-order valence-corrected chi connectivity index (χ4v) is 3.77.